The summed E-state index contributed by atoms with van der Waals surface area (Å²) in [6, 6.07) is 0. The molecule has 50 valence electrons. The van der Waals surface area contributed by atoms with Gasteiger partial charge in [-0.15, -0.1) is 0 Å². The summed E-state index contributed by atoms with van der Waals surface area (Å²) in [6.07, 6.45) is 0.350. The molecule has 0 saturated carbocycles. The molecule has 0 unspecified atom stereocenters. The molecule has 1 amide bonds. The van der Waals surface area contributed by atoms with Gasteiger partial charge in [0.1, 0.15) is 0 Å². The van der Waals surface area contributed by atoms with Gasteiger partial charge in [0, 0.05) is 0 Å². The van der Waals surface area contributed by atoms with Gasteiger partial charge in [0.25, 0.3) is 12.1 Å². The first-order valence-electron chi connectivity index (χ1n) is 1.94. The van der Waals surface area contributed by atoms with Crippen molar-refractivity contribution >= 4 is 5.91 Å². The average Bonchev–Trinajstić information content (AvgIpc) is 1.63. The Morgan fingerprint density at radius 1 is 1.56 bits per heavy atom. The van der Waals surface area contributed by atoms with Crippen molar-refractivity contribution in [3.63, 3.8) is 0 Å². The van der Waals surface area contributed by atoms with Crippen LogP contribution in [-0.4, -0.2) is 10.8 Å². The SMILES string of the molecule is NC(=O)C(N)=C[N+](=O)[O-]. The molecule has 9 heavy (non-hydrogen) atoms. The van der Waals surface area contributed by atoms with Crippen molar-refractivity contribution in [2.45, 2.75) is 0 Å². The van der Waals surface area contributed by atoms with Crippen LogP contribution in [0.2, 0.25) is 0 Å². The van der Waals surface area contributed by atoms with Crippen LogP contribution in [0.3, 0.4) is 0 Å². The Kier molecular flexibility index (Phi) is 2.18. The monoisotopic (exact) mass is 131 g/mol. The maximum Gasteiger partial charge on any atom is 0.271 e. The molecule has 0 heterocycles. The lowest BCUT2D eigenvalue weighted by atomic mass is 10.5. The van der Waals surface area contributed by atoms with Crippen molar-refractivity contribution in [2.75, 3.05) is 0 Å². The van der Waals surface area contributed by atoms with Crippen molar-refractivity contribution in [3.05, 3.63) is 22.0 Å². The highest BCUT2D eigenvalue weighted by Crippen LogP contribution is 1.79. The van der Waals surface area contributed by atoms with E-state index >= 15 is 0 Å². The van der Waals surface area contributed by atoms with Crippen molar-refractivity contribution in [2.24, 2.45) is 11.5 Å². The molecule has 0 atom stereocenters. The fraction of sp³-hybridized carbons (Fsp3) is 0. The molecular formula is C3H5N3O3. The van der Waals surface area contributed by atoms with E-state index in [1.165, 1.54) is 0 Å². The first-order valence-corrected chi connectivity index (χ1v) is 1.94. The number of carbonyl (C=O) groups excluding carboxylic acids is 1. The van der Waals surface area contributed by atoms with Crippen LogP contribution in [0.1, 0.15) is 0 Å². The second-order valence-electron chi connectivity index (χ2n) is 1.23. The van der Waals surface area contributed by atoms with Gasteiger partial charge in [-0.2, -0.15) is 0 Å². The summed E-state index contributed by atoms with van der Waals surface area (Å²) in [7, 11) is 0. The number of nitro groups is 1. The minimum absolute atomic E-state index is 0.350. The molecular weight excluding hydrogens is 126 g/mol. The van der Waals surface area contributed by atoms with Crippen LogP contribution in [0, 0.1) is 10.1 Å². The van der Waals surface area contributed by atoms with Crippen LogP contribution >= 0.6 is 0 Å². The normalized spacial score (nSPS) is 10.9. The van der Waals surface area contributed by atoms with Crippen LogP contribution in [0.25, 0.3) is 0 Å². The number of nitrogens with two attached hydrogens (primary N) is 2. The Morgan fingerprint density at radius 2 is 2.00 bits per heavy atom. The van der Waals surface area contributed by atoms with Crippen LogP contribution in [0.5, 0.6) is 0 Å². The average molecular weight is 131 g/mol. The lowest BCUT2D eigenvalue weighted by Gasteiger charge is -1.85. The topological polar surface area (TPSA) is 112 Å². The number of carbonyl (C=O) groups is 1. The van der Waals surface area contributed by atoms with E-state index in [0.717, 1.165) is 0 Å². The summed E-state index contributed by atoms with van der Waals surface area (Å²) >= 11 is 0. The quantitative estimate of drug-likeness (QED) is 0.271. The molecule has 0 aliphatic carbocycles. The second kappa shape index (κ2) is 2.65. The van der Waals surface area contributed by atoms with Gasteiger partial charge in [-0.3, -0.25) is 14.9 Å². The molecule has 0 bridgehead atoms. The standard InChI is InChI=1S/C3H5N3O3/c4-2(3(5)7)1-6(8)9/h1H,4H2,(H2,5,7). The fourth-order valence-corrected chi connectivity index (χ4v) is 0.177. The van der Waals surface area contributed by atoms with E-state index in [1.807, 2.05) is 0 Å². The third kappa shape index (κ3) is 3.03. The smallest absolute Gasteiger partial charge is 0.271 e. The molecule has 0 aromatic heterocycles. The van der Waals surface area contributed by atoms with Gasteiger partial charge in [-0.05, 0) is 0 Å². The Bertz CT molecular complexity index is 173. The van der Waals surface area contributed by atoms with E-state index < -0.39 is 16.5 Å². The molecule has 0 fully saturated rings. The van der Waals surface area contributed by atoms with Crippen molar-refractivity contribution in [1.82, 2.24) is 0 Å². The Morgan fingerprint density at radius 3 is 2.11 bits per heavy atom. The molecule has 6 heteroatoms. The van der Waals surface area contributed by atoms with Gasteiger partial charge < -0.3 is 11.5 Å². The Labute approximate surface area is 50.3 Å². The molecule has 4 N–H and O–H groups in total. The number of hydrogen-bond acceptors (Lipinski definition) is 4. The lowest BCUT2D eigenvalue weighted by Crippen LogP contribution is -2.20. The first-order chi connectivity index (χ1) is 4.04. The van der Waals surface area contributed by atoms with E-state index in [9.17, 15) is 14.9 Å². The second-order valence-corrected chi connectivity index (χ2v) is 1.23. The lowest BCUT2D eigenvalue weighted by molar-refractivity contribution is -0.403. The maximum absolute atomic E-state index is 9.96. The number of rotatable bonds is 2. The van der Waals surface area contributed by atoms with E-state index in [2.05, 4.69) is 5.73 Å². The van der Waals surface area contributed by atoms with E-state index in [-0.39, 0.29) is 0 Å². The van der Waals surface area contributed by atoms with Crippen LogP contribution in [0.4, 0.5) is 0 Å². The van der Waals surface area contributed by atoms with Gasteiger partial charge in [-0.1, -0.05) is 0 Å². The Hall–Kier alpha value is -1.59. The molecule has 0 rings (SSSR count). The molecule has 6 nitrogen and oxygen atoms in total. The first kappa shape index (κ1) is 7.41. The molecule has 0 radical (unpaired) electrons. The zero-order valence-electron chi connectivity index (χ0n) is 4.40. The summed E-state index contributed by atoms with van der Waals surface area (Å²) in [5.41, 5.74) is 8.75. The zero-order chi connectivity index (χ0) is 7.44. The third-order valence-corrected chi connectivity index (χ3v) is 0.529. The van der Waals surface area contributed by atoms with Crippen molar-refractivity contribution in [1.29, 1.82) is 0 Å². The predicted molar refractivity (Wildman–Crippen MR) is 28.5 cm³/mol. The minimum atomic E-state index is -0.994. The summed E-state index contributed by atoms with van der Waals surface area (Å²) in [6.45, 7) is 0. The highest BCUT2D eigenvalue weighted by atomic mass is 16.6. The highest BCUT2D eigenvalue weighted by Gasteiger charge is 2.01. The van der Waals surface area contributed by atoms with E-state index in [4.69, 9.17) is 5.73 Å². The fourth-order valence-electron chi connectivity index (χ4n) is 0.177. The summed E-state index contributed by atoms with van der Waals surface area (Å²) in [5.74, 6) is -0.994. The summed E-state index contributed by atoms with van der Waals surface area (Å²) in [5, 5.41) is 9.56. The molecule has 0 aromatic rings. The minimum Gasteiger partial charge on any atom is -0.389 e. The van der Waals surface area contributed by atoms with Crippen molar-refractivity contribution in [3.8, 4) is 0 Å². The molecule has 0 aromatic carbocycles. The van der Waals surface area contributed by atoms with Crippen LogP contribution in [0.15, 0.2) is 11.9 Å². The van der Waals surface area contributed by atoms with Crippen molar-refractivity contribution < 1.29 is 9.72 Å². The summed E-state index contributed by atoms with van der Waals surface area (Å²) in [4.78, 5) is 18.7. The maximum atomic E-state index is 9.96. The number of hydrogen-bond donors (Lipinski definition) is 2. The molecule has 0 saturated heterocycles. The van der Waals surface area contributed by atoms with Gasteiger partial charge >= 0.3 is 0 Å². The summed E-state index contributed by atoms with van der Waals surface area (Å²) < 4.78 is 0. The zero-order valence-corrected chi connectivity index (χ0v) is 4.40. The van der Waals surface area contributed by atoms with Gasteiger partial charge in [0.15, 0.2) is 5.70 Å². The van der Waals surface area contributed by atoms with Crippen LogP contribution in [-0.2, 0) is 4.79 Å². The molecule has 0 aliphatic rings. The van der Waals surface area contributed by atoms with E-state index in [0.29, 0.717) is 6.20 Å². The van der Waals surface area contributed by atoms with Gasteiger partial charge in [0.05, 0.1) is 4.92 Å². The number of primary amides is 1. The third-order valence-electron chi connectivity index (χ3n) is 0.529. The predicted octanol–water partition coefficient (Wildman–Crippen LogP) is -1.45. The van der Waals surface area contributed by atoms with Gasteiger partial charge in [0.2, 0.25) is 0 Å². The molecule has 0 aliphatic heterocycles. The molecule has 0 spiro atoms. The van der Waals surface area contributed by atoms with Gasteiger partial charge in [-0.25, -0.2) is 0 Å². The van der Waals surface area contributed by atoms with Crippen LogP contribution < -0.4 is 11.5 Å². The van der Waals surface area contributed by atoms with E-state index in [1.54, 1.807) is 0 Å². The highest BCUT2D eigenvalue weighted by molar-refractivity contribution is 5.90. The largest absolute Gasteiger partial charge is 0.389 e. The number of nitrogens with zero attached hydrogens (tertiary/aromatic N) is 1. The Balaban J connectivity index is 4.17. The number of amides is 1.